The van der Waals surface area contributed by atoms with E-state index in [1.54, 1.807) is 5.57 Å². The van der Waals surface area contributed by atoms with Crippen LogP contribution < -0.4 is 0 Å². The van der Waals surface area contributed by atoms with Crippen LogP contribution in [-0.4, -0.2) is 24.5 Å². The molecule has 1 saturated heterocycles. The fourth-order valence-corrected chi connectivity index (χ4v) is 2.71. The largest absolute Gasteiger partial charge is 0.300 e. The van der Waals surface area contributed by atoms with Gasteiger partial charge in [-0.15, -0.1) is 0 Å². The van der Waals surface area contributed by atoms with E-state index >= 15 is 0 Å². The summed E-state index contributed by atoms with van der Waals surface area (Å²) in [6.07, 6.45) is 12.3. The maximum absolute atomic E-state index is 2.56. The van der Waals surface area contributed by atoms with E-state index in [2.05, 4.69) is 18.0 Å². The van der Waals surface area contributed by atoms with Crippen molar-refractivity contribution < 1.29 is 0 Å². The molecule has 1 heteroatoms. The molecule has 74 valence electrons. The van der Waals surface area contributed by atoms with Gasteiger partial charge in [0.05, 0.1) is 0 Å². The van der Waals surface area contributed by atoms with Gasteiger partial charge in [0.15, 0.2) is 0 Å². The van der Waals surface area contributed by atoms with Gasteiger partial charge in [-0.05, 0) is 52.1 Å². The van der Waals surface area contributed by atoms with Gasteiger partial charge in [0, 0.05) is 6.04 Å². The highest BCUT2D eigenvalue weighted by Gasteiger charge is 2.22. The molecule has 1 atom stereocenters. The molecular formula is C12H21N. The predicted octanol–water partition coefficient (Wildman–Crippen LogP) is 2.97. The zero-order valence-corrected chi connectivity index (χ0v) is 8.76. The van der Waals surface area contributed by atoms with Gasteiger partial charge in [-0.1, -0.05) is 18.1 Å². The Morgan fingerprint density at radius 1 is 1.23 bits per heavy atom. The van der Waals surface area contributed by atoms with Crippen molar-refractivity contribution in [3.05, 3.63) is 11.6 Å². The molecule has 0 spiro atoms. The van der Waals surface area contributed by atoms with Crippen molar-refractivity contribution in [3.8, 4) is 0 Å². The van der Waals surface area contributed by atoms with Crippen LogP contribution >= 0.6 is 0 Å². The second-order valence-corrected chi connectivity index (χ2v) is 4.52. The van der Waals surface area contributed by atoms with Crippen molar-refractivity contribution in [2.75, 3.05) is 13.6 Å². The van der Waals surface area contributed by atoms with E-state index in [1.807, 2.05) is 0 Å². The minimum absolute atomic E-state index is 0.800. The monoisotopic (exact) mass is 179 g/mol. The molecule has 0 aromatic rings. The number of rotatable bonds is 1. The highest BCUT2D eigenvalue weighted by molar-refractivity contribution is 5.14. The third kappa shape index (κ3) is 2.14. The second-order valence-electron chi connectivity index (χ2n) is 4.52. The molecule has 1 unspecified atom stereocenters. The van der Waals surface area contributed by atoms with Gasteiger partial charge in [0.1, 0.15) is 0 Å². The van der Waals surface area contributed by atoms with E-state index in [0.29, 0.717) is 0 Å². The van der Waals surface area contributed by atoms with Crippen molar-refractivity contribution in [1.82, 2.24) is 4.90 Å². The van der Waals surface area contributed by atoms with Gasteiger partial charge < -0.3 is 0 Å². The SMILES string of the molecule is CN1CCCCC1C1=CCCCC1. The summed E-state index contributed by atoms with van der Waals surface area (Å²) in [4.78, 5) is 2.56. The number of hydrogen-bond donors (Lipinski definition) is 0. The molecule has 0 saturated carbocycles. The molecule has 0 radical (unpaired) electrons. The summed E-state index contributed by atoms with van der Waals surface area (Å²) in [5.74, 6) is 0. The Morgan fingerprint density at radius 3 is 2.85 bits per heavy atom. The number of likely N-dealkylation sites (N-methyl/N-ethyl adjacent to an activating group) is 1. The van der Waals surface area contributed by atoms with E-state index in [9.17, 15) is 0 Å². The van der Waals surface area contributed by atoms with Gasteiger partial charge in [-0.2, -0.15) is 0 Å². The molecule has 0 aromatic carbocycles. The number of piperidine rings is 1. The zero-order chi connectivity index (χ0) is 9.10. The third-order valence-electron chi connectivity index (χ3n) is 3.52. The lowest BCUT2D eigenvalue weighted by atomic mass is 9.88. The first-order valence-corrected chi connectivity index (χ1v) is 5.77. The van der Waals surface area contributed by atoms with Crippen LogP contribution in [0, 0.1) is 0 Å². The lowest BCUT2D eigenvalue weighted by Gasteiger charge is -2.35. The van der Waals surface area contributed by atoms with Crippen LogP contribution in [0.5, 0.6) is 0 Å². The van der Waals surface area contributed by atoms with Gasteiger partial charge in [0.2, 0.25) is 0 Å². The molecule has 0 N–H and O–H groups in total. The molecule has 0 aromatic heterocycles. The maximum atomic E-state index is 2.56. The zero-order valence-electron chi connectivity index (χ0n) is 8.76. The van der Waals surface area contributed by atoms with Crippen molar-refractivity contribution in [1.29, 1.82) is 0 Å². The number of nitrogens with zero attached hydrogens (tertiary/aromatic N) is 1. The van der Waals surface area contributed by atoms with Crippen LogP contribution in [0.3, 0.4) is 0 Å². The molecule has 1 aliphatic heterocycles. The molecule has 0 amide bonds. The number of hydrogen-bond acceptors (Lipinski definition) is 1. The molecule has 1 nitrogen and oxygen atoms in total. The molecule has 2 aliphatic rings. The Labute approximate surface area is 81.8 Å². The lowest BCUT2D eigenvalue weighted by Crippen LogP contribution is -2.37. The van der Waals surface area contributed by atoms with Crippen molar-refractivity contribution >= 4 is 0 Å². The predicted molar refractivity (Wildman–Crippen MR) is 56.8 cm³/mol. The Bertz CT molecular complexity index is 195. The Kier molecular flexibility index (Phi) is 3.05. The topological polar surface area (TPSA) is 3.24 Å². The molecule has 13 heavy (non-hydrogen) atoms. The first kappa shape index (κ1) is 9.26. The summed E-state index contributed by atoms with van der Waals surface area (Å²) in [5.41, 5.74) is 1.74. The highest BCUT2D eigenvalue weighted by Crippen LogP contribution is 2.28. The minimum Gasteiger partial charge on any atom is -0.300 e. The molecule has 0 bridgehead atoms. The third-order valence-corrected chi connectivity index (χ3v) is 3.52. The lowest BCUT2D eigenvalue weighted by molar-refractivity contribution is 0.207. The summed E-state index contributed by atoms with van der Waals surface area (Å²) >= 11 is 0. The van der Waals surface area contributed by atoms with Crippen LogP contribution in [0.25, 0.3) is 0 Å². The number of likely N-dealkylation sites (tertiary alicyclic amines) is 1. The van der Waals surface area contributed by atoms with Crippen molar-refractivity contribution in [3.63, 3.8) is 0 Å². The quantitative estimate of drug-likeness (QED) is 0.559. The summed E-state index contributed by atoms with van der Waals surface area (Å²) in [7, 11) is 2.29. The van der Waals surface area contributed by atoms with Gasteiger partial charge in [-0.3, -0.25) is 4.90 Å². The average Bonchev–Trinajstić information content (AvgIpc) is 2.20. The Morgan fingerprint density at radius 2 is 2.15 bits per heavy atom. The smallest absolute Gasteiger partial charge is 0.0304 e. The van der Waals surface area contributed by atoms with Crippen molar-refractivity contribution in [2.24, 2.45) is 0 Å². The highest BCUT2D eigenvalue weighted by atomic mass is 15.1. The first-order chi connectivity index (χ1) is 6.38. The molecule has 1 aliphatic carbocycles. The summed E-state index contributed by atoms with van der Waals surface area (Å²) in [5, 5.41) is 0. The summed E-state index contributed by atoms with van der Waals surface area (Å²) in [6.45, 7) is 1.31. The molecule has 1 fully saturated rings. The fraction of sp³-hybridized carbons (Fsp3) is 0.833. The van der Waals surface area contributed by atoms with E-state index in [0.717, 1.165) is 6.04 Å². The first-order valence-electron chi connectivity index (χ1n) is 5.77. The summed E-state index contributed by atoms with van der Waals surface area (Å²) in [6, 6.07) is 0.800. The van der Waals surface area contributed by atoms with Crippen LogP contribution in [0.2, 0.25) is 0 Å². The van der Waals surface area contributed by atoms with Gasteiger partial charge in [0.25, 0.3) is 0 Å². The van der Waals surface area contributed by atoms with E-state index < -0.39 is 0 Å². The van der Waals surface area contributed by atoms with E-state index in [-0.39, 0.29) is 0 Å². The number of allylic oxidation sites excluding steroid dienone is 1. The van der Waals surface area contributed by atoms with Gasteiger partial charge >= 0.3 is 0 Å². The van der Waals surface area contributed by atoms with Crippen LogP contribution in [0.1, 0.15) is 44.9 Å². The van der Waals surface area contributed by atoms with Crippen LogP contribution in [-0.2, 0) is 0 Å². The van der Waals surface area contributed by atoms with Crippen LogP contribution in [0.4, 0.5) is 0 Å². The summed E-state index contributed by atoms with van der Waals surface area (Å²) < 4.78 is 0. The Hall–Kier alpha value is -0.300. The maximum Gasteiger partial charge on any atom is 0.0304 e. The average molecular weight is 179 g/mol. The minimum atomic E-state index is 0.800. The van der Waals surface area contributed by atoms with Gasteiger partial charge in [-0.25, -0.2) is 0 Å². The normalized spacial score (nSPS) is 31.5. The molecule has 1 heterocycles. The van der Waals surface area contributed by atoms with Crippen molar-refractivity contribution in [2.45, 2.75) is 51.0 Å². The second kappa shape index (κ2) is 4.28. The Balaban J connectivity index is 2.00. The van der Waals surface area contributed by atoms with E-state index in [1.165, 1.54) is 51.5 Å². The van der Waals surface area contributed by atoms with Crippen LogP contribution in [0.15, 0.2) is 11.6 Å². The fourth-order valence-electron chi connectivity index (χ4n) is 2.71. The molecular weight excluding hydrogens is 158 g/mol. The standard InChI is InChI=1S/C12H21N/c1-13-10-6-5-9-12(13)11-7-3-2-4-8-11/h7,12H,2-6,8-10H2,1H3. The molecule has 2 rings (SSSR count). The van der Waals surface area contributed by atoms with E-state index in [4.69, 9.17) is 0 Å².